The van der Waals surface area contributed by atoms with Crippen LogP contribution in [0.4, 0.5) is 0 Å². The van der Waals surface area contributed by atoms with E-state index in [2.05, 4.69) is 0 Å². The van der Waals surface area contributed by atoms with Crippen LogP contribution in [-0.4, -0.2) is 60.0 Å². The van der Waals surface area contributed by atoms with E-state index in [1.54, 1.807) is 32.8 Å². The summed E-state index contributed by atoms with van der Waals surface area (Å²) in [5.74, 6) is -0.490. The molecule has 0 rings (SSSR count). The number of hydrogen-bond donors (Lipinski definition) is 2. The van der Waals surface area contributed by atoms with Crippen molar-refractivity contribution in [3.8, 4) is 0 Å². The molecule has 0 aliphatic rings. The number of esters is 1. The Morgan fingerprint density at radius 1 is 1.27 bits per heavy atom. The summed E-state index contributed by atoms with van der Waals surface area (Å²) < 4.78 is 4.85. The molecular weight excluding hydrogens is 198 g/mol. The molecule has 0 radical (unpaired) electrons. The van der Waals surface area contributed by atoms with Crippen LogP contribution >= 0.6 is 0 Å². The van der Waals surface area contributed by atoms with Crippen molar-refractivity contribution in [3.05, 3.63) is 0 Å². The average molecular weight is 219 g/mol. The minimum Gasteiger partial charge on any atom is -0.463 e. The summed E-state index contributed by atoms with van der Waals surface area (Å²) in [5, 5.41) is 18.9. The highest BCUT2D eigenvalue weighted by Crippen LogP contribution is 2.03. The molecule has 90 valence electrons. The molecule has 5 heteroatoms. The lowest BCUT2D eigenvalue weighted by molar-refractivity contribution is -0.151. The van der Waals surface area contributed by atoms with Gasteiger partial charge in [0.25, 0.3) is 0 Å². The molecule has 0 unspecified atom stereocenters. The van der Waals surface area contributed by atoms with E-state index in [1.165, 1.54) is 0 Å². The highest BCUT2D eigenvalue weighted by molar-refractivity contribution is 5.70. The van der Waals surface area contributed by atoms with Crippen LogP contribution in [0, 0.1) is 0 Å². The van der Waals surface area contributed by atoms with Crippen LogP contribution in [0.25, 0.3) is 0 Å². The second kappa shape index (κ2) is 6.76. The lowest BCUT2D eigenvalue weighted by Crippen LogP contribution is -2.37. The highest BCUT2D eigenvalue weighted by Gasteiger charge is 2.21. The van der Waals surface area contributed by atoms with Crippen molar-refractivity contribution in [1.82, 2.24) is 4.90 Å². The molecule has 0 aliphatic heterocycles. The fraction of sp³-hybridized carbons (Fsp3) is 0.900. The standard InChI is InChI=1S/C10H21NO4/c1-7(2)15-10(14)5-8(12)9(13)6-11(3)4/h7-9,12-13H,5-6H2,1-4H3/t8-,9-/m1/s1. The molecule has 0 saturated carbocycles. The van der Waals surface area contributed by atoms with Crippen LogP contribution in [0.3, 0.4) is 0 Å². The Labute approximate surface area is 90.6 Å². The van der Waals surface area contributed by atoms with Crippen molar-refractivity contribution in [1.29, 1.82) is 0 Å². The maximum Gasteiger partial charge on any atom is 0.308 e. The first-order valence-corrected chi connectivity index (χ1v) is 5.03. The summed E-state index contributed by atoms with van der Waals surface area (Å²) in [7, 11) is 3.56. The average Bonchev–Trinajstić information content (AvgIpc) is 2.00. The van der Waals surface area contributed by atoms with Gasteiger partial charge in [-0.2, -0.15) is 0 Å². The van der Waals surface area contributed by atoms with Crippen LogP contribution in [0.2, 0.25) is 0 Å². The van der Waals surface area contributed by atoms with E-state index in [1.807, 2.05) is 0 Å². The van der Waals surface area contributed by atoms with Gasteiger partial charge in [0.2, 0.25) is 0 Å². The molecule has 0 aromatic rings. The van der Waals surface area contributed by atoms with Crippen molar-refractivity contribution < 1.29 is 19.7 Å². The van der Waals surface area contributed by atoms with E-state index in [0.717, 1.165) is 0 Å². The first-order valence-electron chi connectivity index (χ1n) is 5.03. The van der Waals surface area contributed by atoms with Gasteiger partial charge in [-0.3, -0.25) is 4.79 Å². The number of ether oxygens (including phenoxy) is 1. The summed E-state index contributed by atoms with van der Waals surface area (Å²) in [6.07, 6.45) is -2.37. The van der Waals surface area contributed by atoms with Crippen molar-refractivity contribution in [2.75, 3.05) is 20.6 Å². The number of carbonyl (C=O) groups is 1. The van der Waals surface area contributed by atoms with Crippen molar-refractivity contribution in [2.45, 2.75) is 38.6 Å². The van der Waals surface area contributed by atoms with Gasteiger partial charge in [-0.25, -0.2) is 0 Å². The third-order valence-corrected chi connectivity index (χ3v) is 1.74. The number of carbonyl (C=O) groups excluding carboxylic acids is 1. The third kappa shape index (κ3) is 7.30. The second-order valence-electron chi connectivity index (χ2n) is 4.14. The summed E-state index contributed by atoms with van der Waals surface area (Å²) in [6.45, 7) is 3.79. The topological polar surface area (TPSA) is 70.0 Å². The summed E-state index contributed by atoms with van der Waals surface area (Å²) in [4.78, 5) is 12.9. The number of aliphatic hydroxyl groups is 2. The lowest BCUT2D eigenvalue weighted by Gasteiger charge is -2.20. The van der Waals surface area contributed by atoms with E-state index in [-0.39, 0.29) is 12.5 Å². The van der Waals surface area contributed by atoms with E-state index in [9.17, 15) is 15.0 Å². The monoisotopic (exact) mass is 219 g/mol. The Kier molecular flexibility index (Phi) is 6.47. The van der Waals surface area contributed by atoms with E-state index in [4.69, 9.17) is 4.74 Å². The molecule has 0 fully saturated rings. The summed E-state index contributed by atoms with van der Waals surface area (Å²) >= 11 is 0. The Balaban J connectivity index is 3.90. The van der Waals surface area contributed by atoms with Crippen molar-refractivity contribution in [3.63, 3.8) is 0 Å². The second-order valence-corrected chi connectivity index (χ2v) is 4.14. The Morgan fingerprint density at radius 3 is 2.20 bits per heavy atom. The first-order chi connectivity index (χ1) is 6.82. The third-order valence-electron chi connectivity index (χ3n) is 1.74. The molecule has 0 aliphatic carbocycles. The molecule has 0 aromatic heterocycles. The number of rotatable bonds is 6. The predicted molar refractivity (Wildman–Crippen MR) is 56.4 cm³/mol. The first kappa shape index (κ1) is 14.3. The normalized spacial score (nSPS) is 15.5. The fourth-order valence-corrected chi connectivity index (χ4v) is 1.11. The SMILES string of the molecule is CC(C)OC(=O)C[C@@H](O)[C@H](O)CN(C)C. The molecular formula is C10H21NO4. The van der Waals surface area contributed by atoms with Gasteiger partial charge < -0.3 is 19.8 Å². The van der Waals surface area contributed by atoms with Gasteiger partial charge in [-0.05, 0) is 27.9 Å². The van der Waals surface area contributed by atoms with Crippen LogP contribution < -0.4 is 0 Å². The molecule has 15 heavy (non-hydrogen) atoms. The molecule has 5 nitrogen and oxygen atoms in total. The zero-order valence-corrected chi connectivity index (χ0v) is 9.80. The van der Waals surface area contributed by atoms with Gasteiger partial charge in [0, 0.05) is 6.54 Å². The Hall–Kier alpha value is -0.650. The van der Waals surface area contributed by atoms with Gasteiger partial charge >= 0.3 is 5.97 Å². The maximum atomic E-state index is 11.1. The molecule has 0 amide bonds. The molecule has 2 N–H and O–H groups in total. The van der Waals surface area contributed by atoms with Gasteiger partial charge in [0.05, 0.1) is 24.7 Å². The lowest BCUT2D eigenvalue weighted by atomic mass is 10.1. The minimum atomic E-state index is -1.07. The molecule has 0 aromatic carbocycles. The minimum absolute atomic E-state index is 0.173. The highest BCUT2D eigenvalue weighted by atomic mass is 16.5. The molecule has 0 saturated heterocycles. The summed E-state index contributed by atoms with van der Waals surface area (Å²) in [5.41, 5.74) is 0. The largest absolute Gasteiger partial charge is 0.463 e. The van der Waals surface area contributed by atoms with Crippen LogP contribution in [-0.2, 0) is 9.53 Å². The van der Waals surface area contributed by atoms with E-state index in [0.29, 0.717) is 6.54 Å². The maximum absolute atomic E-state index is 11.1. The zero-order valence-electron chi connectivity index (χ0n) is 9.80. The molecule has 0 bridgehead atoms. The van der Waals surface area contributed by atoms with Crippen molar-refractivity contribution >= 4 is 5.97 Å². The van der Waals surface area contributed by atoms with Gasteiger partial charge in [-0.15, -0.1) is 0 Å². The molecule has 0 heterocycles. The van der Waals surface area contributed by atoms with Crippen LogP contribution in [0.15, 0.2) is 0 Å². The smallest absolute Gasteiger partial charge is 0.308 e. The summed E-state index contributed by atoms with van der Waals surface area (Å²) in [6, 6.07) is 0. The zero-order chi connectivity index (χ0) is 12.0. The number of likely N-dealkylation sites (N-methyl/N-ethyl adjacent to an activating group) is 1. The molecule has 2 atom stereocenters. The van der Waals surface area contributed by atoms with Crippen molar-refractivity contribution in [2.24, 2.45) is 0 Å². The van der Waals surface area contributed by atoms with Crippen LogP contribution in [0.1, 0.15) is 20.3 Å². The quantitative estimate of drug-likeness (QED) is 0.595. The number of hydrogen-bond acceptors (Lipinski definition) is 5. The number of aliphatic hydroxyl groups excluding tert-OH is 2. The Morgan fingerprint density at radius 2 is 1.80 bits per heavy atom. The fourth-order valence-electron chi connectivity index (χ4n) is 1.11. The molecule has 0 spiro atoms. The van der Waals surface area contributed by atoms with Crippen LogP contribution in [0.5, 0.6) is 0 Å². The van der Waals surface area contributed by atoms with Gasteiger partial charge in [0.15, 0.2) is 0 Å². The van der Waals surface area contributed by atoms with Gasteiger partial charge in [-0.1, -0.05) is 0 Å². The Bertz CT molecular complexity index is 194. The van der Waals surface area contributed by atoms with Gasteiger partial charge in [0.1, 0.15) is 0 Å². The predicted octanol–water partition coefficient (Wildman–Crippen LogP) is -0.389. The number of nitrogens with zero attached hydrogens (tertiary/aromatic N) is 1. The van der Waals surface area contributed by atoms with E-state index >= 15 is 0 Å². The van der Waals surface area contributed by atoms with E-state index < -0.39 is 18.2 Å².